The van der Waals surface area contributed by atoms with Crippen LogP contribution in [-0.2, 0) is 9.63 Å². The molecule has 3 rings (SSSR count). The minimum atomic E-state index is -0.457. The normalized spacial score (nSPS) is 26.2. The molecule has 2 N–H and O–H groups in total. The van der Waals surface area contributed by atoms with Crippen molar-refractivity contribution in [2.75, 3.05) is 13.1 Å². The average Bonchev–Trinajstić information content (AvgIpc) is 3.04. The maximum Gasteiger partial charge on any atom is 0.227 e. The summed E-state index contributed by atoms with van der Waals surface area (Å²) in [7, 11) is 0. The number of piperidine rings is 1. The molecule has 2 aliphatic rings. The Labute approximate surface area is 148 Å². The molecule has 5 nitrogen and oxygen atoms in total. The van der Waals surface area contributed by atoms with Gasteiger partial charge in [-0.2, -0.15) is 0 Å². The fourth-order valence-corrected chi connectivity index (χ4v) is 3.63. The van der Waals surface area contributed by atoms with Gasteiger partial charge < -0.3 is 15.5 Å². The van der Waals surface area contributed by atoms with E-state index in [0.717, 1.165) is 30.7 Å². The van der Waals surface area contributed by atoms with Crippen molar-refractivity contribution in [3.8, 4) is 0 Å². The molecule has 0 saturated carbocycles. The SMILES string of the molecule is CC(C)NC(=O)C1(CC2CC(c3ccc(F)cc3)=NO2)CCCNC1. The van der Waals surface area contributed by atoms with E-state index in [2.05, 4.69) is 15.8 Å². The smallest absolute Gasteiger partial charge is 0.227 e. The molecule has 2 aliphatic heterocycles. The fraction of sp³-hybridized carbons (Fsp3) is 0.579. The Morgan fingerprint density at radius 2 is 2.20 bits per heavy atom. The van der Waals surface area contributed by atoms with Crippen molar-refractivity contribution in [1.82, 2.24) is 10.6 Å². The number of rotatable bonds is 5. The summed E-state index contributed by atoms with van der Waals surface area (Å²) in [5, 5.41) is 10.6. The second kappa shape index (κ2) is 7.52. The number of nitrogens with one attached hydrogen (secondary N) is 2. The van der Waals surface area contributed by atoms with E-state index in [1.54, 1.807) is 12.1 Å². The van der Waals surface area contributed by atoms with Crippen LogP contribution >= 0.6 is 0 Å². The maximum absolute atomic E-state index is 13.1. The molecule has 6 heteroatoms. The molecule has 0 spiro atoms. The molecule has 0 aromatic heterocycles. The van der Waals surface area contributed by atoms with E-state index in [1.807, 2.05) is 13.8 Å². The van der Waals surface area contributed by atoms with Gasteiger partial charge in [-0.05, 0) is 50.9 Å². The highest BCUT2D eigenvalue weighted by Crippen LogP contribution is 2.35. The summed E-state index contributed by atoms with van der Waals surface area (Å²) in [6.45, 7) is 5.56. The lowest BCUT2D eigenvalue weighted by Gasteiger charge is -2.38. The molecule has 136 valence electrons. The van der Waals surface area contributed by atoms with Gasteiger partial charge in [-0.1, -0.05) is 17.3 Å². The summed E-state index contributed by atoms with van der Waals surface area (Å²) >= 11 is 0. The molecule has 1 aromatic rings. The van der Waals surface area contributed by atoms with Gasteiger partial charge in [0.1, 0.15) is 11.9 Å². The molecule has 0 radical (unpaired) electrons. The van der Waals surface area contributed by atoms with E-state index in [0.29, 0.717) is 19.4 Å². The lowest BCUT2D eigenvalue weighted by Crippen LogP contribution is -2.53. The third-order valence-electron chi connectivity index (χ3n) is 4.90. The number of hydrogen-bond acceptors (Lipinski definition) is 4. The van der Waals surface area contributed by atoms with Gasteiger partial charge >= 0.3 is 0 Å². The molecule has 2 unspecified atom stereocenters. The predicted octanol–water partition coefficient (Wildman–Crippen LogP) is 2.60. The predicted molar refractivity (Wildman–Crippen MR) is 94.9 cm³/mol. The quantitative estimate of drug-likeness (QED) is 0.861. The van der Waals surface area contributed by atoms with Crippen molar-refractivity contribution < 1.29 is 14.0 Å². The zero-order valence-electron chi connectivity index (χ0n) is 14.8. The van der Waals surface area contributed by atoms with Crippen LogP contribution in [0, 0.1) is 11.2 Å². The second-order valence-electron chi connectivity index (χ2n) is 7.37. The number of amides is 1. The molecule has 0 bridgehead atoms. The van der Waals surface area contributed by atoms with Crippen LogP contribution in [-0.4, -0.2) is 36.9 Å². The molecule has 2 atom stereocenters. The van der Waals surface area contributed by atoms with Crippen LogP contribution in [0.15, 0.2) is 29.4 Å². The van der Waals surface area contributed by atoms with Crippen LogP contribution < -0.4 is 10.6 Å². The molecule has 1 amide bonds. The largest absolute Gasteiger partial charge is 0.392 e. The average molecular weight is 347 g/mol. The van der Waals surface area contributed by atoms with E-state index in [-0.39, 0.29) is 23.9 Å². The number of oxime groups is 1. The highest BCUT2D eigenvalue weighted by atomic mass is 19.1. The van der Waals surface area contributed by atoms with Gasteiger partial charge in [-0.15, -0.1) is 0 Å². The summed E-state index contributed by atoms with van der Waals surface area (Å²) in [4.78, 5) is 18.4. The Bertz CT molecular complexity index is 637. The van der Waals surface area contributed by atoms with Crippen LogP contribution in [0.2, 0.25) is 0 Å². The van der Waals surface area contributed by atoms with Gasteiger partial charge in [-0.25, -0.2) is 4.39 Å². The maximum atomic E-state index is 13.1. The van der Waals surface area contributed by atoms with Crippen molar-refractivity contribution in [3.05, 3.63) is 35.6 Å². The van der Waals surface area contributed by atoms with Crippen molar-refractivity contribution in [2.24, 2.45) is 10.6 Å². The van der Waals surface area contributed by atoms with E-state index in [1.165, 1.54) is 12.1 Å². The zero-order valence-corrected chi connectivity index (χ0v) is 14.8. The first-order valence-electron chi connectivity index (χ1n) is 8.99. The summed E-state index contributed by atoms with van der Waals surface area (Å²) in [5.41, 5.74) is 1.22. The lowest BCUT2D eigenvalue weighted by atomic mass is 9.74. The van der Waals surface area contributed by atoms with Crippen molar-refractivity contribution >= 4 is 11.6 Å². The summed E-state index contributed by atoms with van der Waals surface area (Å²) in [5.74, 6) is -0.175. The molecular formula is C19H26FN3O2. The molecule has 1 fully saturated rings. The minimum absolute atomic E-state index is 0.0912. The minimum Gasteiger partial charge on any atom is -0.392 e. The Hall–Kier alpha value is -1.95. The van der Waals surface area contributed by atoms with Gasteiger partial charge in [0.25, 0.3) is 0 Å². The monoisotopic (exact) mass is 347 g/mol. The van der Waals surface area contributed by atoms with Crippen molar-refractivity contribution in [2.45, 2.75) is 51.7 Å². The number of halogens is 1. The highest BCUT2D eigenvalue weighted by molar-refractivity contribution is 6.01. The molecule has 2 heterocycles. The van der Waals surface area contributed by atoms with Crippen LogP contribution in [0.1, 0.15) is 45.1 Å². The van der Waals surface area contributed by atoms with E-state index in [9.17, 15) is 9.18 Å². The lowest BCUT2D eigenvalue weighted by molar-refractivity contribution is -0.135. The number of benzene rings is 1. The Kier molecular flexibility index (Phi) is 5.37. The Morgan fingerprint density at radius 3 is 2.84 bits per heavy atom. The Balaban J connectivity index is 1.67. The van der Waals surface area contributed by atoms with Crippen LogP contribution in [0.5, 0.6) is 0 Å². The van der Waals surface area contributed by atoms with Gasteiger partial charge in [0, 0.05) is 25.4 Å². The highest BCUT2D eigenvalue weighted by Gasteiger charge is 2.43. The number of carbonyl (C=O) groups excluding carboxylic acids is 1. The Morgan fingerprint density at radius 1 is 1.44 bits per heavy atom. The number of nitrogens with zero attached hydrogens (tertiary/aromatic N) is 1. The first-order valence-corrected chi connectivity index (χ1v) is 8.99. The van der Waals surface area contributed by atoms with Crippen LogP contribution in [0.4, 0.5) is 4.39 Å². The number of hydrogen-bond donors (Lipinski definition) is 2. The van der Waals surface area contributed by atoms with Crippen molar-refractivity contribution in [1.29, 1.82) is 0 Å². The zero-order chi connectivity index (χ0) is 17.9. The first-order chi connectivity index (χ1) is 12.0. The molecule has 1 aromatic carbocycles. The third-order valence-corrected chi connectivity index (χ3v) is 4.90. The molecule has 1 saturated heterocycles. The molecule has 25 heavy (non-hydrogen) atoms. The van der Waals surface area contributed by atoms with Crippen LogP contribution in [0.3, 0.4) is 0 Å². The van der Waals surface area contributed by atoms with Gasteiger partial charge in [-0.3, -0.25) is 4.79 Å². The van der Waals surface area contributed by atoms with Gasteiger partial charge in [0.15, 0.2) is 0 Å². The summed E-state index contributed by atoms with van der Waals surface area (Å²) < 4.78 is 13.1. The van der Waals surface area contributed by atoms with Crippen LogP contribution in [0.25, 0.3) is 0 Å². The van der Waals surface area contributed by atoms with E-state index >= 15 is 0 Å². The second-order valence-corrected chi connectivity index (χ2v) is 7.37. The van der Waals surface area contributed by atoms with E-state index in [4.69, 9.17) is 4.84 Å². The molecule has 0 aliphatic carbocycles. The van der Waals surface area contributed by atoms with E-state index < -0.39 is 5.41 Å². The van der Waals surface area contributed by atoms with Crippen molar-refractivity contribution in [3.63, 3.8) is 0 Å². The number of carbonyl (C=O) groups is 1. The van der Waals surface area contributed by atoms with Gasteiger partial charge in [0.05, 0.1) is 11.1 Å². The summed E-state index contributed by atoms with van der Waals surface area (Å²) in [6, 6.07) is 6.38. The fourth-order valence-electron chi connectivity index (χ4n) is 3.63. The molecular weight excluding hydrogens is 321 g/mol. The third kappa shape index (κ3) is 4.18. The topological polar surface area (TPSA) is 62.7 Å². The first kappa shape index (κ1) is 17.9. The summed E-state index contributed by atoms with van der Waals surface area (Å²) in [6.07, 6.45) is 2.97. The standard InChI is InChI=1S/C19H26FN3O2/c1-13(2)22-18(24)19(8-3-9-21-12-19)11-16-10-17(23-25-16)14-4-6-15(20)7-5-14/h4-7,13,16,21H,3,8-12H2,1-2H3,(H,22,24). The van der Waals surface area contributed by atoms with Gasteiger partial charge in [0.2, 0.25) is 5.91 Å².